The summed E-state index contributed by atoms with van der Waals surface area (Å²) < 4.78 is 16.0. The van der Waals surface area contributed by atoms with Crippen LogP contribution in [0, 0.1) is 0 Å². The fourth-order valence-corrected chi connectivity index (χ4v) is 2.50. The molecule has 0 saturated heterocycles. The molecule has 142 valence electrons. The highest BCUT2D eigenvalue weighted by Gasteiger charge is 2.25. The summed E-state index contributed by atoms with van der Waals surface area (Å²) in [5, 5.41) is 39.5. The van der Waals surface area contributed by atoms with Gasteiger partial charge in [-0.05, 0) is 42.3 Å². The Balaban J connectivity index is 2.26. The zero-order valence-corrected chi connectivity index (χ0v) is 14.9. The third kappa shape index (κ3) is 4.37. The molecule has 0 saturated carbocycles. The number of hydrogen-bond donors (Lipinski definition) is 4. The summed E-state index contributed by atoms with van der Waals surface area (Å²) >= 11 is 0. The summed E-state index contributed by atoms with van der Waals surface area (Å²) in [7, 11) is 2.86. The Morgan fingerprint density at radius 1 is 0.885 bits per heavy atom. The van der Waals surface area contributed by atoms with Crippen LogP contribution in [0.15, 0.2) is 36.4 Å². The van der Waals surface area contributed by atoms with Crippen LogP contribution in [0.25, 0.3) is 0 Å². The lowest BCUT2D eigenvalue weighted by molar-refractivity contribution is -0.000555. The molecule has 0 aromatic heterocycles. The van der Waals surface area contributed by atoms with Crippen molar-refractivity contribution in [2.75, 3.05) is 20.8 Å². The van der Waals surface area contributed by atoms with E-state index < -0.39 is 24.9 Å². The molecular formula is C19H24O7. The molecule has 3 atom stereocenters. The minimum absolute atomic E-state index is 0.0553. The van der Waals surface area contributed by atoms with Gasteiger partial charge in [-0.25, -0.2) is 0 Å². The third-order valence-corrected chi connectivity index (χ3v) is 4.03. The normalized spacial score (nSPS) is 14.4. The molecule has 7 nitrogen and oxygen atoms in total. The number of benzene rings is 2. The maximum Gasteiger partial charge on any atom is 0.161 e. The molecule has 4 N–H and O–H groups in total. The van der Waals surface area contributed by atoms with E-state index in [9.17, 15) is 20.4 Å². The Morgan fingerprint density at radius 2 is 1.50 bits per heavy atom. The van der Waals surface area contributed by atoms with Gasteiger partial charge in [0, 0.05) is 0 Å². The van der Waals surface area contributed by atoms with Crippen molar-refractivity contribution in [3.05, 3.63) is 47.5 Å². The Bertz CT molecular complexity index is 730. The first-order valence-electron chi connectivity index (χ1n) is 8.09. The molecule has 0 aliphatic rings. The number of aliphatic hydroxyl groups is 3. The molecule has 26 heavy (non-hydrogen) atoms. The van der Waals surface area contributed by atoms with Crippen LogP contribution in [0.4, 0.5) is 0 Å². The van der Waals surface area contributed by atoms with Crippen LogP contribution in [0.3, 0.4) is 0 Å². The van der Waals surface area contributed by atoms with Crippen LogP contribution in [0.5, 0.6) is 23.0 Å². The monoisotopic (exact) mass is 364 g/mol. The smallest absolute Gasteiger partial charge is 0.161 e. The van der Waals surface area contributed by atoms with Gasteiger partial charge in [-0.1, -0.05) is 12.1 Å². The first-order valence-corrected chi connectivity index (χ1v) is 8.09. The highest BCUT2D eigenvalue weighted by atomic mass is 16.5. The number of aromatic hydroxyl groups is 1. The first kappa shape index (κ1) is 19.8. The molecule has 3 unspecified atom stereocenters. The summed E-state index contributed by atoms with van der Waals surface area (Å²) in [4.78, 5) is 0. The summed E-state index contributed by atoms with van der Waals surface area (Å²) in [5.41, 5.74) is 1.07. The van der Waals surface area contributed by atoms with Crippen LogP contribution < -0.4 is 14.2 Å². The van der Waals surface area contributed by atoms with Gasteiger partial charge in [-0.15, -0.1) is 0 Å². The SMILES string of the molecule is COc1cc(C(O)C(CO)Oc2ccc(C(C)O)cc2OC)ccc1O. The number of aliphatic hydroxyl groups excluding tert-OH is 3. The summed E-state index contributed by atoms with van der Waals surface area (Å²) in [6, 6.07) is 9.29. The lowest BCUT2D eigenvalue weighted by Gasteiger charge is -2.24. The summed E-state index contributed by atoms with van der Waals surface area (Å²) in [6.45, 7) is 1.18. The second-order valence-corrected chi connectivity index (χ2v) is 5.80. The number of hydrogen-bond acceptors (Lipinski definition) is 7. The molecule has 0 amide bonds. The van der Waals surface area contributed by atoms with Crippen LogP contribution in [-0.4, -0.2) is 47.4 Å². The second-order valence-electron chi connectivity index (χ2n) is 5.80. The minimum Gasteiger partial charge on any atom is -0.504 e. The van der Waals surface area contributed by atoms with E-state index in [1.54, 1.807) is 25.1 Å². The van der Waals surface area contributed by atoms with E-state index in [0.717, 1.165) is 0 Å². The number of methoxy groups -OCH3 is 2. The zero-order valence-electron chi connectivity index (χ0n) is 14.9. The van der Waals surface area contributed by atoms with Crippen molar-refractivity contribution < 1.29 is 34.6 Å². The van der Waals surface area contributed by atoms with E-state index in [1.165, 1.54) is 32.4 Å². The molecule has 7 heteroatoms. The Morgan fingerprint density at radius 3 is 2.08 bits per heavy atom. The van der Waals surface area contributed by atoms with Crippen LogP contribution in [0.1, 0.15) is 30.3 Å². The molecule has 2 rings (SSSR count). The van der Waals surface area contributed by atoms with Gasteiger partial charge in [0.1, 0.15) is 6.10 Å². The molecule has 0 aliphatic heterocycles. The van der Waals surface area contributed by atoms with Gasteiger partial charge in [0.15, 0.2) is 29.1 Å². The van der Waals surface area contributed by atoms with Crippen molar-refractivity contribution in [2.24, 2.45) is 0 Å². The topological polar surface area (TPSA) is 109 Å². The van der Waals surface area contributed by atoms with Gasteiger partial charge in [0.2, 0.25) is 0 Å². The van der Waals surface area contributed by atoms with Crippen molar-refractivity contribution >= 4 is 0 Å². The van der Waals surface area contributed by atoms with Gasteiger partial charge in [-0.3, -0.25) is 0 Å². The van der Waals surface area contributed by atoms with E-state index in [1.807, 2.05) is 0 Å². The van der Waals surface area contributed by atoms with E-state index in [-0.39, 0.29) is 11.5 Å². The van der Waals surface area contributed by atoms with Crippen LogP contribution in [-0.2, 0) is 0 Å². The fraction of sp³-hybridized carbons (Fsp3) is 0.368. The first-order chi connectivity index (χ1) is 12.4. The van der Waals surface area contributed by atoms with E-state index >= 15 is 0 Å². The van der Waals surface area contributed by atoms with Gasteiger partial charge in [0.25, 0.3) is 0 Å². The highest BCUT2D eigenvalue weighted by molar-refractivity contribution is 5.45. The van der Waals surface area contributed by atoms with Crippen molar-refractivity contribution in [3.8, 4) is 23.0 Å². The Hall–Kier alpha value is -2.48. The molecule has 0 aliphatic carbocycles. The largest absolute Gasteiger partial charge is 0.504 e. The van der Waals surface area contributed by atoms with E-state index in [4.69, 9.17) is 14.2 Å². The predicted octanol–water partition coefficient (Wildman–Crippen LogP) is 1.94. The maximum absolute atomic E-state index is 10.6. The molecule has 0 bridgehead atoms. The van der Waals surface area contributed by atoms with Crippen molar-refractivity contribution in [3.63, 3.8) is 0 Å². The van der Waals surface area contributed by atoms with Gasteiger partial charge in [0.05, 0.1) is 26.9 Å². The Labute approximate surface area is 152 Å². The summed E-state index contributed by atoms with van der Waals surface area (Å²) in [5.74, 6) is 0.843. The van der Waals surface area contributed by atoms with E-state index in [0.29, 0.717) is 22.6 Å². The maximum atomic E-state index is 10.6. The van der Waals surface area contributed by atoms with E-state index in [2.05, 4.69) is 0 Å². The number of rotatable bonds is 8. The predicted molar refractivity (Wildman–Crippen MR) is 94.7 cm³/mol. The second kappa shape index (κ2) is 8.75. The zero-order chi connectivity index (χ0) is 19.3. The quantitative estimate of drug-likeness (QED) is 0.567. The van der Waals surface area contributed by atoms with Gasteiger partial charge >= 0.3 is 0 Å². The van der Waals surface area contributed by atoms with Gasteiger partial charge < -0.3 is 34.6 Å². The molecule has 0 fully saturated rings. The molecule has 0 radical (unpaired) electrons. The number of ether oxygens (including phenoxy) is 3. The van der Waals surface area contributed by atoms with Crippen LogP contribution in [0.2, 0.25) is 0 Å². The van der Waals surface area contributed by atoms with Crippen molar-refractivity contribution in [1.29, 1.82) is 0 Å². The highest BCUT2D eigenvalue weighted by Crippen LogP contribution is 2.34. The molecular weight excluding hydrogens is 340 g/mol. The van der Waals surface area contributed by atoms with Crippen LogP contribution >= 0.6 is 0 Å². The van der Waals surface area contributed by atoms with Crippen molar-refractivity contribution in [1.82, 2.24) is 0 Å². The Kier molecular flexibility index (Phi) is 6.68. The molecule has 2 aromatic rings. The van der Waals surface area contributed by atoms with Gasteiger partial charge in [-0.2, -0.15) is 0 Å². The fourth-order valence-electron chi connectivity index (χ4n) is 2.50. The molecule has 2 aromatic carbocycles. The lowest BCUT2D eigenvalue weighted by Crippen LogP contribution is -2.29. The summed E-state index contributed by atoms with van der Waals surface area (Å²) in [6.07, 6.45) is -2.81. The standard InChI is InChI=1S/C19H24O7/c1-11(21)12-5-7-15(17(8-12)25-3)26-18(10-20)19(23)13-4-6-14(22)16(9-13)24-2/h4-9,11,18-23H,10H2,1-3H3. The third-order valence-electron chi connectivity index (χ3n) is 4.03. The molecule has 0 heterocycles. The minimum atomic E-state index is -1.17. The lowest BCUT2D eigenvalue weighted by atomic mass is 10.0. The average molecular weight is 364 g/mol. The number of phenolic OH excluding ortho intramolecular Hbond substituents is 1. The average Bonchev–Trinajstić information content (AvgIpc) is 2.65. The molecule has 0 spiro atoms. The van der Waals surface area contributed by atoms with Crippen molar-refractivity contribution in [2.45, 2.75) is 25.2 Å². The number of phenols is 1.